The van der Waals surface area contributed by atoms with E-state index in [-0.39, 0.29) is 57.3 Å². The van der Waals surface area contributed by atoms with Gasteiger partial charge in [0.25, 0.3) is 0 Å². The van der Waals surface area contributed by atoms with Crippen molar-refractivity contribution in [1.82, 2.24) is 4.98 Å². The molecule has 0 aliphatic heterocycles. The van der Waals surface area contributed by atoms with Crippen molar-refractivity contribution < 1.29 is 66.0 Å². The third-order valence-corrected chi connectivity index (χ3v) is 3.96. The number of carbonyl (C=O) groups excluding carboxylic acids is 1. The van der Waals surface area contributed by atoms with Gasteiger partial charge in [0.15, 0.2) is 0 Å². The summed E-state index contributed by atoms with van der Waals surface area (Å²) in [5.74, 6) is -0.990. The fourth-order valence-electron chi connectivity index (χ4n) is 2.33. The molecule has 24 heavy (non-hydrogen) atoms. The minimum Gasteiger partial charge on any atom is -0.547 e. The van der Waals surface area contributed by atoms with Gasteiger partial charge in [-0.1, -0.05) is 41.9 Å². The number of aromatic nitrogens is 1. The van der Waals surface area contributed by atoms with Crippen molar-refractivity contribution in [2.45, 2.75) is 32.5 Å². The number of carboxylic acids is 1. The third-order valence-electron chi connectivity index (χ3n) is 3.43. The van der Waals surface area contributed by atoms with Gasteiger partial charge in [-0.25, -0.2) is 0 Å². The van der Waals surface area contributed by atoms with Crippen LogP contribution in [0.3, 0.4) is 0 Å². The van der Waals surface area contributed by atoms with Gasteiger partial charge in [-0.2, -0.15) is 0 Å². The zero-order chi connectivity index (χ0) is 16.8. The van der Waals surface area contributed by atoms with Gasteiger partial charge in [0.2, 0.25) is 0 Å². The molecule has 0 fully saturated rings. The molecule has 2 rings (SSSR count). The summed E-state index contributed by atoms with van der Waals surface area (Å²) in [5.41, 5.74) is 1.74. The molecule has 2 unspecified atom stereocenters. The van der Waals surface area contributed by atoms with Crippen LogP contribution in [0.15, 0.2) is 53.3 Å². The molecule has 0 radical (unpaired) electrons. The second-order valence-electron chi connectivity index (χ2n) is 5.79. The summed E-state index contributed by atoms with van der Waals surface area (Å²) in [7, 11) is 0. The number of carboxylic acid groups (broad SMARTS) is 1. The van der Waals surface area contributed by atoms with E-state index >= 15 is 0 Å². The molecule has 0 aliphatic carbocycles. The van der Waals surface area contributed by atoms with Crippen LogP contribution in [0.25, 0.3) is 0 Å². The fraction of sp³-hybridized carbons (Fsp3) is 0.333. The molecule has 2 aromatic rings. The van der Waals surface area contributed by atoms with Crippen molar-refractivity contribution in [1.29, 1.82) is 0 Å². The molecular weight excluding hydrogens is 397 g/mol. The second-order valence-corrected chi connectivity index (χ2v) is 6.70. The van der Waals surface area contributed by atoms with E-state index in [1.807, 2.05) is 50.2 Å². The van der Waals surface area contributed by atoms with E-state index < -0.39 is 18.2 Å². The Balaban J connectivity index is 0.00000288. The molecule has 2 atom stereocenters. The normalized spacial score (nSPS) is 13.2. The standard InChI is InChI=1S/C18H20BrNO3.K/c1-12(2)11-16(18(21)22)23-17(14-7-9-20-10-8-14)13-3-5-15(19)6-4-13;/h3-10,12,16-17H,11H2,1-2H3,(H,21,22);/q;+1/p-1. The van der Waals surface area contributed by atoms with Crippen LogP contribution in [0.2, 0.25) is 0 Å². The summed E-state index contributed by atoms with van der Waals surface area (Å²) in [4.78, 5) is 15.4. The number of rotatable bonds is 7. The summed E-state index contributed by atoms with van der Waals surface area (Å²) < 4.78 is 6.88. The average molecular weight is 416 g/mol. The molecule has 0 saturated heterocycles. The van der Waals surface area contributed by atoms with E-state index in [0.717, 1.165) is 15.6 Å². The van der Waals surface area contributed by atoms with Crippen LogP contribution in [0, 0.1) is 5.92 Å². The molecule has 0 N–H and O–H groups in total. The number of benzene rings is 1. The van der Waals surface area contributed by atoms with Gasteiger partial charge in [0, 0.05) is 16.9 Å². The van der Waals surface area contributed by atoms with Gasteiger partial charge in [-0.3, -0.25) is 4.98 Å². The van der Waals surface area contributed by atoms with E-state index in [0.29, 0.717) is 6.42 Å². The fourth-order valence-corrected chi connectivity index (χ4v) is 2.59. The molecule has 0 saturated carbocycles. The second kappa shape index (κ2) is 10.8. The molecule has 0 bridgehead atoms. The summed E-state index contributed by atoms with van der Waals surface area (Å²) in [6.07, 6.45) is 2.30. The maximum Gasteiger partial charge on any atom is 1.00 e. The monoisotopic (exact) mass is 415 g/mol. The van der Waals surface area contributed by atoms with Crippen molar-refractivity contribution in [3.8, 4) is 0 Å². The van der Waals surface area contributed by atoms with E-state index in [2.05, 4.69) is 20.9 Å². The van der Waals surface area contributed by atoms with Crippen molar-refractivity contribution in [3.63, 3.8) is 0 Å². The Kier molecular flexibility index (Phi) is 9.89. The maximum absolute atomic E-state index is 11.4. The number of aliphatic carboxylic acids is 1. The third kappa shape index (κ3) is 6.67. The quantitative estimate of drug-likeness (QED) is 0.602. The van der Waals surface area contributed by atoms with Crippen molar-refractivity contribution in [2.75, 3.05) is 0 Å². The topological polar surface area (TPSA) is 62.2 Å². The Morgan fingerprint density at radius 1 is 1.12 bits per heavy atom. The molecule has 0 spiro atoms. The zero-order valence-electron chi connectivity index (χ0n) is 14.1. The Morgan fingerprint density at radius 3 is 2.17 bits per heavy atom. The minimum atomic E-state index is -1.19. The molecular formula is C18H19BrKNO3. The smallest absolute Gasteiger partial charge is 0.547 e. The number of pyridine rings is 1. The van der Waals surface area contributed by atoms with Crippen molar-refractivity contribution in [2.24, 2.45) is 5.92 Å². The number of hydrogen-bond acceptors (Lipinski definition) is 4. The van der Waals surface area contributed by atoms with Crippen LogP contribution in [0.5, 0.6) is 0 Å². The zero-order valence-corrected chi connectivity index (χ0v) is 18.8. The van der Waals surface area contributed by atoms with E-state index in [4.69, 9.17) is 4.74 Å². The van der Waals surface area contributed by atoms with Crippen molar-refractivity contribution >= 4 is 21.9 Å². The molecule has 6 heteroatoms. The molecule has 1 aromatic carbocycles. The van der Waals surface area contributed by atoms with Crippen LogP contribution < -0.4 is 56.5 Å². The van der Waals surface area contributed by atoms with Gasteiger partial charge in [-0.05, 0) is 47.7 Å². The summed E-state index contributed by atoms with van der Waals surface area (Å²) in [6.45, 7) is 3.92. The van der Waals surface area contributed by atoms with Gasteiger partial charge in [0.1, 0.15) is 6.10 Å². The van der Waals surface area contributed by atoms with Crippen LogP contribution in [-0.2, 0) is 9.53 Å². The minimum absolute atomic E-state index is 0. The number of carbonyl (C=O) groups is 1. The van der Waals surface area contributed by atoms with Crippen LogP contribution >= 0.6 is 15.9 Å². The molecule has 4 nitrogen and oxygen atoms in total. The molecule has 122 valence electrons. The van der Waals surface area contributed by atoms with E-state index in [9.17, 15) is 9.90 Å². The van der Waals surface area contributed by atoms with E-state index in [1.165, 1.54) is 0 Å². The van der Waals surface area contributed by atoms with Crippen molar-refractivity contribution in [3.05, 3.63) is 64.4 Å². The molecule has 0 aliphatic rings. The number of ether oxygens (including phenoxy) is 1. The largest absolute Gasteiger partial charge is 1.00 e. The molecule has 1 aromatic heterocycles. The first kappa shape index (κ1) is 22.0. The maximum atomic E-state index is 11.4. The van der Waals surface area contributed by atoms with Crippen LogP contribution in [-0.4, -0.2) is 17.1 Å². The number of halogens is 1. The Hall–Kier alpha value is -0.0836. The van der Waals surface area contributed by atoms with Gasteiger partial charge < -0.3 is 14.6 Å². The van der Waals surface area contributed by atoms with Crippen LogP contribution in [0.1, 0.15) is 37.5 Å². The van der Waals surface area contributed by atoms with E-state index in [1.54, 1.807) is 12.4 Å². The first-order chi connectivity index (χ1) is 11.0. The predicted molar refractivity (Wildman–Crippen MR) is 89.6 cm³/mol. The first-order valence-corrected chi connectivity index (χ1v) is 8.28. The summed E-state index contributed by atoms with van der Waals surface area (Å²) >= 11 is 3.40. The summed E-state index contributed by atoms with van der Waals surface area (Å²) in [6, 6.07) is 11.3. The number of hydrogen-bond donors (Lipinski definition) is 0. The van der Waals surface area contributed by atoms with Gasteiger partial charge in [0.05, 0.1) is 12.1 Å². The predicted octanol–water partition coefficient (Wildman–Crippen LogP) is 0.119. The summed E-state index contributed by atoms with van der Waals surface area (Å²) in [5, 5.41) is 11.4. The van der Waals surface area contributed by atoms with Crippen LogP contribution in [0.4, 0.5) is 0 Å². The first-order valence-electron chi connectivity index (χ1n) is 7.49. The van der Waals surface area contributed by atoms with Gasteiger partial charge >= 0.3 is 51.4 Å². The Morgan fingerprint density at radius 2 is 1.67 bits per heavy atom. The Bertz CT molecular complexity index is 634. The number of nitrogens with zero attached hydrogens (tertiary/aromatic N) is 1. The molecule has 1 heterocycles. The SMILES string of the molecule is CC(C)CC(OC(c1ccncc1)c1ccc(Br)cc1)C(=O)[O-].[K+]. The molecule has 0 amide bonds. The van der Waals surface area contributed by atoms with Gasteiger partial charge in [-0.15, -0.1) is 0 Å². The average Bonchev–Trinajstić information content (AvgIpc) is 2.53. The Labute approximate surface area is 193 Å².